The van der Waals surface area contributed by atoms with Gasteiger partial charge in [-0.05, 0) is 49.2 Å². The number of carbonyl (C=O) groups excluding carboxylic acids is 1. The van der Waals surface area contributed by atoms with Crippen molar-refractivity contribution in [2.75, 3.05) is 19.4 Å². The zero-order valence-electron chi connectivity index (χ0n) is 15.3. The summed E-state index contributed by atoms with van der Waals surface area (Å²) in [6, 6.07) is 11.1. The first-order valence-electron chi connectivity index (χ1n) is 8.81. The fourth-order valence-corrected chi connectivity index (χ4v) is 3.01. The predicted molar refractivity (Wildman–Crippen MR) is 105 cm³/mol. The SMILES string of the molecule is CN(C)C1=CCCC(C(=O)Nc2cccc(-c3nc4cccnc4o3)c2)=C1. The summed E-state index contributed by atoms with van der Waals surface area (Å²) in [6.45, 7) is 0. The lowest BCUT2D eigenvalue weighted by atomic mass is 10.0. The number of anilines is 1. The van der Waals surface area contributed by atoms with Crippen molar-refractivity contribution in [2.24, 2.45) is 0 Å². The molecule has 6 nitrogen and oxygen atoms in total. The molecule has 0 aliphatic heterocycles. The fraction of sp³-hybridized carbons (Fsp3) is 0.190. The van der Waals surface area contributed by atoms with Crippen LogP contribution in [0.5, 0.6) is 0 Å². The van der Waals surface area contributed by atoms with E-state index in [1.165, 1.54) is 0 Å². The van der Waals surface area contributed by atoms with E-state index in [2.05, 4.69) is 21.4 Å². The minimum absolute atomic E-state index is 0.0844. The lowest BCUT2D eigenvalue weighted by Gasteiger charge is -2.19. The summed E-state index contributed by atoms with van der Waals surface area (Å²) in [5.74, 6) is 0.397. The largest absolute Gasteiger partial charge is 0.418 e. The van der Waals surface area contributed by atoms with E-state index in [1.54, 1.807) is 6.20 Å². The van der Waals surface area contributed by atoms with E-state index < -0.39 is 0 Å². The number of allylic oxidation sites excluding steroid dienone is 2. The molecule has 136 valence electrons. The summed E-state index contributed by atoms with van der Waals surface area (Å²) in [4.78, 5) is 23.3. The number of hydrogen-bond donors (Lipinski definition) is 1. The molecule has 6 heteroatoms. The number of oxazole rings is 1. The Balaban J connectivity index is 1.56. The number of nitrogens with one attached hydrogen (secondary N) is 1. The van der Waals surface area contributed by atoms with E-state index >= 15 is 0 Å². The molecule has 4 rings (SSSR count). The summed E-state index contributed by atoms with van der Waals surface area (Å²) in [7, 11) is 3.95. The first-order chi connectivity index (χ1) is 13.1. The molecule has 0 fully saturated rings. The molecule has 0 saturated heterocycles. The Morgan fingerprint density at radius 3 is 2.93 bits per heavy atom. The van der Waals surface area contributed by atoms with Crippen LogP contribution in [-0.2, 0) is 4.79 Å². The van der Waals surface area contributed by atoms with Gasteiger partial charge >= 0.3 is 0 Å². The Bertz CT molecular complexity index is 1030. The van der Waals surface area contributed by atoms with Crippen LogP contribution in [0.1, 0.15) is 12.8 Å². The van der Waals surface area contributed by atoms with Gasteiger partial charge in [0.1, 0.15) is 5.52 Å². The van der Waals surface area contributed by atoms with Crippen molar-refractivity contribution in [3.05, 3.63) is 66.0 Å². The van der Waals surface area contributed by atoms with E-state index in [4.69, 9.17) is 4.42 Å². The van der Waals surface area contributed by atoms with Gasteiger partial charge < -0.3 is 14.6 Å². The summed E-state index contributed by atoms with van der Waals surface area (Å²) in [6.07, 6.45) is 7.35. The first-order valence-corrected chi connectivity index (χ1v) is 8.81. The number of rotatable bonds is 4. The number of carbonyl (C=O) groups is 1. The lowest BCUT2D eigenvalue weighted by molar-refractivity contribution is -0.113. The number of benzene rings is 1. The van der Waals surface area contributed by atoms with E-state index in [-0.39, 0.29) is 5.91 Å². The molecule has 0 spiro atoms. The van der Waals surface area contributed by atoms with Gasteiger partial charge in [0, 0.05) is 42.8 Å². The predicted octanol–water partition coefficient (Wildman–Crippen LogP) is 3.99. The third-order valence-electron chi connectivity index (χ3n) is 4.43. The van der Waals surface area contributed by atoms with Crippen molar-refractivity contribution in [2.45, 2.75) is 12.8 Å². The monoisotopic (exact) mass is 360 g/mol. The van der Waals surface area contributed by atoms with Gasteiger partial charge in [-0.25, -0.2) is 9.97 Å². The van der Waals surface area contributed by atoms with E-state index in [0.717, 1.165) is 29.7 Å². The smallest absolute Gasteiger partial charge is 0.251 e. The van der Waals surface area contributed by atoms with Crippen molar-refractivity contribution in [3.8, 4) is 11.5 Å². The number of nitrogens with zero attached hydrogens (tertiary/aromatic N) is 3. The van der Waals surface area contributed by atoms with Crippen LogP contribution >= 0.6 is 0 Å². The fourth-order valence-electron chi connectivity index (χ4n) is 3.01. The molecule has 1 N–H and O–H groups in total. The van der Waals surface area contributed by atoms with Crippen LogP contribution in [0.3, 0.4) is 0 Å². The van der Waals surface area contributed by atoms with Gasteiger partial charge in [0.25, 0.3) is 5.91 Å². The second-order valence-corrected chi connectivity index (χ2v) is 6.61. The normalized spacial score (nSPS) is 13.9. The quantitative estimate of drug-likeness (QED) is 0.762. The maximum atomic E-state index is 12.7. The molecule has 1 amide bonds. The minimum atomic E-state index is -0.0844. The van der Waals surface area contributed by atoms with E-state index in [9.17, 15) is 4.79 Å². The third-order valence-corrected chi connectivity index (χ3v) is 4.43. The van der Waals surface area contributed by atoms with Crippen molar-refractivity contribution in [1.82, 2.24) is 14.9 Å². The van der Waals surface area contributed by atoms with Crippen molar-refractivity contribution < 1.29 is 9.21 Å². The highest BCUT2D eigenvalue weighted by Crippen LogP contribution is 2.26. The zero-order chi connectivity index (χ0) is 18.8. The molecule has 2 heterocycles. The zero-order valence-corrected chi connectivity index (χ0v) is 15.3. The van der Waals surface area contributed by atoms with Gasteiger partial charge in [-0.3, -0.25) is 4.79 Å². The van der Waals surface area contributed by atoms with Crippen LogP contribution < -0.4 is 5.32 Å². The molecule has 0 unspecified atom stereocenters. The molecule has 1 aliphatic rings. The highest BCUT2D eigenvalue weighted by Gasteiger charge is 2.15. The highest BCUT2D eigenvalue weighted by atomic mass is 16.4. The second-order valence-electron chi connectivity index (χ2n) is 6.61. The second kappa shape index (κ2) is 7.07. The summed E-state index contributed by atoms with van der Waals surface area (Å²) in [5.41, 5.74) is 4.53. The van der Waals surface area contributed by atoms with Crippen molar-refractivity contribution in [3.63, 3.8) is 0 Å². The van der Waals surface area contributed by atoms with Gasteiger partial charge in [-0.2, -0.15) is 0 Å². The van der Waals surface area contributed by atoms with Crippen LogP contribution in [0.2, 0.25) is 0 Å². The first kappa shape index (κ1) is 17.0. The average molecular weight is 360 g/mol. The number of pyridine rings is 1. The Morgan fingerprint density at radius 1 is 1.22 bits per heavy atom. The van der Waals surface area contributed by atoms with E-state index in [1.807, 2.05) is 61.5 Å². The van der Waals surface area contributed by atoms with Gasteiger partial charge in [0.05, 0.1) is 0 Å². The van der Waals surface area contributed by atoms with Crippen molar-refractivity contribution in [1.29, 1.82) is 0 Å². The molecule has 0 saturated carbocycles. The lowest BCUT2D eigenvalue weighted by Crippen LogP contribution is -2.19. The standard InChI is InChI=1S/C21H20N4O2/c1-25(2)17-9-4-6-14(13-17)19(26)23-16-8-3-7-15(12-16)20-24-18-10-5-11-22-21(18)27-20/h3,5,7-13H,4,6H2,1-2H3,(H,23,26). The molecule has 1 aromatic carbocycles. The topological polar surface area (TPSA) is 71.3 Å². The Morgan fingerprint density at radius 2 is 2.11 bits per heavy atom. The van der Waals surface area contributed by atoms with Gasteiger partial charge in [-0.15, -0.1) is 0 Å². The van der Waals surface area contributed by atoms with Crippen molar-refractivity contribution >= 4 is 22.8 Å². The molecular formula is C21H20N4O2. The van der Waals surface area contributed by atoms with Crippen LogP contribution in [-0.4, -0.2) is 34.9 Å². The molecule has 0 bridgehead atoms. The molecule has 27 heavy (non-hydrogen) atoms. The minimum Gasteiger partial charge on any atom is -0.418 e. The summed E-state index contributed by atoms with van der Waals surface area (Å²) in [5, 5.41) is 2.98. The Labute approximate surface area is 157 Å². The maximum absolute atomic E-state index is 12.7. The number of fused-ring (bicyclic) bond motifs is 1. The summed E-state index contributed by atoms with van der Waals surface area (Å²) >= 11 is 0. The van der Waals surface area contributed by atoms with Gasteiger partial charge in [-0.1, -0.05) is 12.1 Å². The number of likely N-dealkylation sites (N-methyl/N-ethyl adjacent to an activating group) is 1. The molecule has 1 aliphatic carbocycles. The Hall–Kier alpha value is -3.41. The number of aromatic nitrogens is 2. The van der Waals surface area contributed by atoms with Crippen LogP contribution in [0.25, 0.3) is 22.7 Å². The number of hydrogen-bond acceptors (Lipinski definition) is 5. The molecule has 2 aromatic heterocycles. The van der Waals surface area contributed by atoms with Gasteiger partial charge in [0.15, 0.2) is 0 Å². The number of amides is 1. The molecule has 0 atom stereocenters. The third kappa shape index (κ3) is 3.60. The average Bonchev–Trinajstić information content (AvgIpc) is 3.12. The highest BCUT2D eigenvalue weighted by molar-refractivity contribution is 6.04. The molecule has 3 aromatic rings. The van der Waals surface area contributed by atoms with Crippen LogP contribution in [0, 0.1) is 0 Å². The summed E-state index contributed by atoms with van der Waals surface area (Å²) < 4.78 is 5.71. The van der Waals surface area contributed by atoms with E-state index in [0.29, 0.717) is 22.8 Å². The maximum Gasteiger partial charge on any atom is 0.251 e. The Kier molecular flexibility index (Phi) is 4.46. The van der Waals surface area contributed by atoms with Gasteiger partial charge in [0.2, 0.25) is 11.6 Å². The molecular weight excluding hydrogens is 340 g/mol. The van der Waals surface area contributed by atoms with Crippen LogP contribution in [0.15, 0.2) is 70.4 Å². The van der Waals surface area contributed by atoms with Crippen LogP contribution in [0.4, 0.5) is 5.69 Å². The molecule has 0 radical (unpaired) electrons.